The number of halogens is 2. The smallest absolute Gasteiger partial charge is 0.261 e. The van der Waals surface area contributed by atoms with E-state index in [1.807, 2.05) is 6.92 Å². The van der Waals surface area contributed by atoms with Gasteiger partial charge in [0.05, 0.1) is 20.5 Å². The van der Waals surface area contributed by atoms with E-state index in [1.54, 1.807) is 6.07 Å². The Balaban J connectivity index is 1.71. The molecule has 0 spiro atoms. The van der Waals surface area contributed by atoms with Crippen molar-refractivity contribution >= 4 is 39.8 Å². The van der Waals surface area contributed by atoms with E-state index in [4.69, 9.17) is 11.6 Å². The molecule has 1 aliphatic rings. The standard InChI is InChI=1S/C17H17ClFN3O2S/c1-9-6-14(22-16(23)12-3-2-10(19)7-13(12)18)25-15(9)17(24)21-11-4-5-20-8-11/h2-3,6-7,11,20H,4-5,8H2,1H3,(H,21,24)(H,22,23). The van der Waals surface area contributed by atoms with Gasteiger partial charge in [0.2, 0.25) is 0 Å². The fourth-order valence-corrected chi connectivity index (χ4v) is 3.87. The van der Waals surface area contributed by atoms with Gasteiger partial charge in [-0.3, -0.25) is 9.59 Å². The third-order valence-corrected chi connectivity index (χ3v) is 5.40. The first-order chi connectivity index (χ1) is 11.9. The van der Waals surface area contributed by atoms with Crippen LogP contribution >= 0.6 is 22.9 Å². The van der Waals surface area contributed by atoms with Crippen LogP contribution in [0.1, 0.15) is 32.0 Å². The maximum Gasteiger partial charge on any atom is 0.261 e. The lowest BCUT2D eigenvalue weighted by molar-refractivity contribution is 0.0942. The summed E-state index contributed by atoms with van der Waals surface area (Å²) in [6.07, 6.45) is 0.906. The van der Waals surface area contributed by atoms with Crippen LogP contribution < -0.4 is 16.0 Å². The molecule has 3 N–H and O–H groups in total. The van der Waals surface area contributed by atoms with E-state index >= 15 is 0 Å². The van der Waals surface area contributed by atoms with Gasteiger partial charge in [-0.2, -0.15) is 0 Å². The van der Waals surface area contributed by atoms with Crippen LogP contribution in [0.4, 0.5) is 9.39 Å². The van der Waals surface area contributed by atoms with Gasteiger partial charge in [0, 0.05) is 12.6 Å². The molecule has 2 heterocycles. The number of carbonyl (C=O) groups is 2. The highest BCUT2D eigenvalue weighted by Crippen LogP contribution is 2.28. The van der Waals surface area contributed by atoms with Gasteiger partial charge in [-0.05, 0) is 49.7 Å². The Bertz CT molecular complexity index is 818. The molecule has 5 nitrogen and oxygen atoms in total. The quantitative estimate of drug-likeness (QED) is 0.761. The predicted octanol–water partition coefficient (Wildman–Crippen LogP) is 3.19. The summed E-state index contributed by atoms with van der Waals surface area (Å²) >= 11 is 7.11. The molecule has 0 saturated carbocycles. The van der Waals surface area contributed by atoms with Crippen LogP contribution in [0.15, 0.2) is 24.3 Å². The summed E-state index contributed by atoms with van der Waals surface area (Å²) in [7, 11) is 0. The summed E-state index contributed by atoms with van der Waals surface area (Å²) in [5, 5.41) is 9.47. The summed E-state index contributed by atoms with van der Waals surface area (Å²) in [6, 6.07) is 5.46. The number of aryl methyl sites for hydroxylation is 1. The highest BCUT2D eigenvalue weighted by Gasteiger charge is 2.21. The van der Waals surface area contributed by atoms with Gasteiger partial charge in [0.15, 0.2) is 0 Å². The number of anilines is 1. The summed E-state index contributed by atoms with van der Waals surface area (Å²) in [5.41, 5.74) is 0.964. The molecule has 132 valence electrons. The van der Waals surface area contributed by atoms with E-state index in [2.05, 4.69) is 16.0 Å². The molecule has 0 aliphatic carbocycles. The fourth-order valence-electron chi connectivity index (χ4n) is 2.65. The van der Waals surface area contributed by atoms with Crippen LogP contribution in [-0.2, 0) is 0 Å². The minimum atomic E-state index is -0.506. The number of thiophene rings is 1. The van der Waals surface area contributed by atoms with Gasteiger partial charge in [-0.15, -0.1) is 11.3 Å². The predicted molar refractivity (Wildman–Crippen MR) is 97.2 cm³/mol. The molecule has 2 amide bonds. The van der Waals surface area contributed by atoms with Crippen molar-refractivity contribution < 1.29 is 14.0 Å². The molecule has 0 bridgehead atoms. The second-order valence-corrected chi connectivity index (χ2v) is 7.32. The van der Waals surface area contributed by atoms with Gasteiger partial charge in [-0.25, -0.2) is 4.39 Å². The molecule has 8 heteroatoms. The maximum atomic E-state index is 13.1. The van der Waals surface area contributed by atoms with E-state index in [0.29, 0.717) is 9.88 Å². The third-order valence-electron chi connectivity index (χ3n) is 3.93. The van der Waals surface area contributed by atoms with Gasteiger partial charge in [0.25, 0.3) is 11.8 Å². The molecule has 1 atom stereocenters. The largest absolute Gasteiger partial charge is 0.347 e. The van der Waals surface area contributed by atoms with Gasteiger partial charge in [0.1, 0.15) is 5.82 Å². The molecule has 1 aromatic carbocycles. The number of benzene rings is 1. The van der Waals surface area contributed by atoms with Crippen molar-refractivity contribution in [2.75, 3.05) is 18.4 Å². The fraction of sp³-hybridized carbons (Fsp3) is 0.294. The summed E-state index contributed by atoms with van der Waals surface area (Å²) in [4.78, 5) is 25.2. The maximum absolute atomic E-state index is 13.1. The van der Waals surface area contributed by atoms with E-state index in [-0.39, 0.29) is 22.5 Å². The highest BCUT2D eigenvalue weighted by atomic mass is 35.5. The number of nitrogens with one attached hydrogen (secondary N) is 3. The molecule has 1 aromatic heterocycles. The monoisotopic (exact) mass is 381 g/mol. The average molecular weight is 382 g/mol. The number of hydrogen-bond acceptors (Lipinski definition) is 4. The molecule has 1 fully saturated rings. The molecule has 2 aromatic rings. The SMILES string of the molecule is Cc1cc(NC(=O)c2ccc(F)cc2Cl)sc1C(=O)NC1CCNC1. The summed E-state index contributed by atoms with van der Waals surface area (Å²) < 4.78 is 13.1. The van der Waals surface area contributed by atoms with E-state index in [1.165, 1.54) is 23.5 Å². The van der Waals surface area contributed by atoms with E-state index in [9.17, 15) is 14.0 Å². The summed E-state index contributed by atoms with van der Waals surface area (Å²) in [5.74, 6) is -1.09. The first kappa shape index (κ1) is 17.8. The van der Waals surface area contributed by atoms with Crippen molar-refractivity contribution in [2.45, 2.75) is 19.4 Å². The molecular formula is C17H17ClFN3O2S. The lowest BCUT2D eigenvalue weighted by Gasteiger charge is -2.10. The zero-order valence-electron chi connectivity index (χ0n) is 13.5. The second-order valence-electron chi connectivity index (χ2n) is 5.86. The molecule has 3 rings (SSSR count). The van der Waals surface area contributed by atoms with Crippen molar-refractivity contribution in [1.29, 1.82) is 0 Å². The first-order valence-corrected chi connectivity index (χ1v) is 9.02. The Labute approximate surface area is 153 Å². The molecule has 1 saturated heterocycles. The van der Waals surface area contributed by atoms with Crippen LogP contribution in [0.5, 0.6) is 0 Å². The molecule has 25 heavy (non-hydrogen) atoms. The number of hydrogen-bond donors (Lipinski definition) is 3. The molecular weight excluding hydrogens is 365 g/mol. The van der Waals surface area contributed by atoms with Crippen LogP contribution in [0.2, 0.25) is 5.02 Å². The molecule has 1 unspecified atom stereocenters. The lowest BCUT2D eigenvalue weighted by atomic mass is 10.2. The zero-order chi connectivity index (χ0) is 18.0. The Hall–Kier alpha value is -1.96. The van der Waals surface area contributed by atoms with E-state index in [0.717, 1.165) is 31.1 Å². The second kappa shape index (κ2) is 7.51. The van der Waals surface area contributed by atoms with Gasteiger partial charge < -0.3 is 16.0 Å². The van der Waals surface area contributed by atoms with Crippen LogP contribution in [0.25, 0.3) is 0 Å². The topological polar surface area (TPSA) is 70.2 Å². The Morgan fingerprint density at radius 1 is 1.32 bits per heavy atom. The normalized spacial score (nSPS) is 16.7. The van der Waals surface area contributed by atoms with E-state index < -0.39 is 11.7 Å². The minimum absolute atomic E-state index is 0.0393. The van der Waals surface area contributed by atoms with Crippen LogP contribution in [0, 0.1) is 12.7 Å². The lowest BCUT2D eigenvalue weighted by Crippen LogP contribution is -2.36. The molecule has 1 aliphatic heterocycles. The van der Waals surface area contributed by atoms with Crippen molar-refractivity contribution in [2.24, 2.45) is 0 Å². The Morgan fingerprint density at radius 3 is 2.80 bits per heavy atom. The Kier molecular flexibility index (Phi) is 5.36. The van der Waals surface area contributed by atoms with Crippen molar-refractivity contribution in [3.63, 3.8) is 0 Å². The number of amides is 2. The van der Waals surface area contributed by atoms with Crippen LogP contribution in [-0.4, -0.2) is 30.9 Å². The minimum Gasteiger partial charge on any atom is -0.347 e. The third kappa shape index (κ3) is 4.18. The van der Waals surface area contributed by atoms with Gasteiger partial charge >= 0.3 is 0 Å². The average Bonchev–Trinajstić information content (AvgIpc) is 3.16. The zero-order valence-corrected chi connectivity index (χ0v) is 15.1. The summed E-state index contributed by atoms with van der Waals surface area (Å²) in [6.45, 7) is 3.48. The molecule has 0 radical (unpaired) electrons. The van der Waals surface area contributed by atoms with Crippen LogP contribution in [0.3, 0.4) is 0 Å². The number of carbonyl (C=O) groups excluding carboxylic acids is 2. The van der Waals surface area contributed by atoms with Crippen molar-refractivity contribution in [3.05, 3.63) is 51.1 Å². The first-order valence-electron chi connectivity index (χ1n) is 7.82. The highest BCUT2D eigenvalue weighted by molar-refractivity contribution is 7.18. The Morgan fingerprint density at radius 2 is 2.12 bits per heavy atom. The van der Waals surface area contributed by atoms with Crippen molar-refractivity contribution in [3.8, 4) is 0 Å². The van der Waals surface area contributed by atoms with Gasteiger partial charge in [-0.1, -0.05) is 11.6 Å². The number of rotatable bonds is 4. The van der Waals surface area contributed by atoms with Crippen molar-refractivity contribution in [1.82, 2.24) is 10.6 Å².